The first kappa shape index (κ1) is 17.8. The summed E-state index contributed by atoms with van der Waals surface area (Å²) in [6, 6.07) is 3.88. The predicted octanol–water partition coefficient (Wildman–Crippen LogP) is 2.64. The van der Waals surface area contributed by atoms with E-state index in [1.807, 2.05) is 6.92 Å². The molecule has 0 unspecified atom stereocenters. The molecule has 1 fully saturated rings. The second-order valence-electron chi connectivity index (χ2n) is 6.05. The molecule has 1 amide bonds. The Morgan fingerprint density at radius 2 is 2.13 bits per heavy atom. The maximum Gasteiger partial charge on any atom is 0.246 e. The molecule has 6 heteroatoms. The molecular formula is C17H24F2N2O2. The van der Waals surface area contributed by atoms with Gasteiger partial charge in [0.05, 0.1) is 6.04 Å². The minimum absolute atomic E-state index is 0.0131. The lowest BCUT2D eigenvalue weighted by Crippen LogP contribution is -2.42. The summed E-state index contributed by atoms with van der Waals surface area (Å²) in [7, 11) is 0. The average molecular weight is 326 g/mol. The highest BCUT2D eigenvalue weighted by molar-refractivity contribution is 5.77. The number of amides is 1. The standard InChI is InChI=1S/C17H24F2N2O2/c1-4-23-10-16(22)20-15-7-8-21(11(2)3)17(15)12-5-6-13(18)14(19)9-12/h5-6,9,11,15,17H,4,7-8,10H2,1-3H3,(H,20,22)/t15-,17-/m1/s1. The molecule has 128 valence electrons. The molecule has 1 saturated heterocycles. The number of hydrogen-bond acceptors (Lipinski definition) is 3. The fourth-order valence-electron chi connectivity index (χ4n) is 3.11. The van der Waals surface area contributed by atoms with Crippen LogP contribution in [0, 0.1) is 11.6 Å². The third-order valence-electron chi connectivity index (χ3n) is 4.17. The molecule has 0 aromatic heterocycles. The van der Waals surface area contributed by atoms with Crippen LogP contribution in [0.15, 0.2) is 18.2 Å². The molecule has 0 spiro atoms. The molecule has 1 aliphatic rings. The van der Waals surface area contributed by atoms with Crippen molar-refractivity contribution in [3.63, 3.8) is 0 Å². The van der Waals surface area contributed by atoms with Crippen LogP contribution in [-0.4, -0.2) is 42.6 Å². The van der Waals surface area contributed by atoms with E-state index in [2.05, 4.69) is 24.1 Å². The highest BCUT2D eigenvalue weighted by atomic mass is 19.2. The Kier molecular flexibility index (Phi) is 6.07. The fraction of sp³-hybridized carbons (Fsp3) is 0.588. The summed E-state index contributed by atoms with van der Waals surface area (Å²) in [5.74, 6) is -1.91. The minimum atomic E-state index is -0.863. The van der Waals surface area contributed by atoms with Gasteiger partial charge in [0, 0.05) is 25.2 Å². The lowest BCUT2D eigenvalue weighted by molar-refractivity contribution is -0.126. The second-order valence-corrected chi connectivity index (χ2v) is 6.05. The Labute approximate surface area is 135 Å². The lowest BCUT2D eigenvalue weighted by Gasteiger charge is -2.32. The van der Waals surface area contributed by atoms with Crippen LogP contribution in [0.25, 0.3) is 0 Å². The number of carbonyl (C=O) groups is 1. The molecule has 2 atom stereocenters. The molecule has 4 nitrogen and oxygen atoms in total. The average Bonchev–Trinajstić information content (AvgIpc) is 2.91. The van der Waals surface area contributed by atoms with E-state index in [4.69, 9.17) is 4.74 Å². The number of rotatable bonds is 6. The summed E-state index contributed by atoms with van der Waals surface area (Å²) in [4.78, 5) is 14.1. The topological polar surface area (TPSA) is 41.6 Å². The van der Waals surface area contributed by atoms with E-state index in [9.17, 15) is 13.6 Å². The summed E-state index contributed by atoms with van der Waals surface area (Å²) < 4.78 is 31.9. The van der Waals surface area contributed by atoms with Crippen molar-refractivity contribution in [3.8, 4) is 0 Å². The third kappa shape index (κ3) is 4.26. The zero-order valence-corrected chi connectivity index (χ0v) is 13.8. The summed E-state index contributed by atoms with van der Waals surface area (Å²) >= 11 is 0. The van der Waals surface area contributed by atoms with Crippen molar-refractivity contribution in [2.75, 3.05) is 19.8 Å². The molecule has 23 heavy (non-hydrogen) atoms. The van der Waals surface area contributed by atoms with Crippen molar-refractivity contribution in [1.29, 1.82) is 0 Å². The molecule has 0 bridgehead atoms. The van der Waals surface area contributed by atoms with Crippen LogP contribution in [-0.2, 0) is 9.53 Å². The monoisotopic (exact) mass is 326 g/mol. The van der Waals surface area contributed by atoms with Gasteiger partial charge in [0.1, 0.15) is 6.61 Å². The molecule has 1 N–H and O–H groups in total. The highest BCUT2D eigenvalue weighted by Gasteiger charge is 2.37. The quantitative estimate of drug-likeness (QED) is 0.874. The van der Waals surface area contributed by atoms with E-state index in [1.165, 1.54) is 6.07 Å². The van der Waals surface area contributed by atoms with Gasteiger partial charge < -0.3 is 10.1 Å². The zero-order chi connectivity index (χ0) is 17.0. The van der Waals surface area contributed by atoms with E-state index in [-0.39, 0.29) is 30.6 Å². The molecule has 1 aromatic rings. The molecule has 0 radical (unpaired) electrons. The van der Waals surface area contributed by atoms with E-state index in [0.29, 0.717) is 12.2 Å². The number of nitrogens with zero attached hydrogens (tertiary/aromatic N) is 1. The van der Waals surface area contributed by atoms with E-state index >= 15 is 0 Å². The first-order valence-electron chi connectivity index (χ1n) is 8.01. The third-order valence-corrected chi connectivity index (χ3v) is 4.17. The second kappa shape index (κ2) is 7.84. The first-order chi connectivity index (χ1) is 10.9. The van der Waals surface area contributed by atoms with Gasteiger partial charge in [0.25, 0.3) is 0 Å². The smallest absolute Gasteiger partial charge is 0.246 e. The van der Waals surface area contributed by atoms with Gasteiger partial charge in [-0.3, -0.25) is 9.69 Å². The van der Waals surface area contributed by atoms with Crippen molar-refractivity contribution in [3.05, 3.63) is 35.4 Å². The van der Waals surface area contributed by atoms with Gasteiger partial charge >= 0.3 is 0 Å². The van der Waals surface area contributed by atoms with Crippen LogP contribution in [0.1, 0.15) is 38.8 Å². The Hall–Kier alpha value is -1.53. The fourth-order valence-corrected chi connectivity index (χ4v) is 3.11. The molecule has 2 rings (SSSR count). The number of benzene rings is 1. The van der Waals surface area contributed by atoms with Gasteiger partial charge in [-0.25, -0.2) is 8.78 Å². The highest BCUT2D eigenvalue weighted by Crippen LogP contribution is 2.34. The van der Waals surface area contributed by atoms with Crippen molar-refractivity contribution in [2.45, 2.75) is 45.3 Å². The maximum atomic E-state index is 13.6. The maximum absolute atomic E-state index is 13.6. The Balaban J connectivity index is 2.20. The summed E-state index contributed by atoms with van der Waals surface area (Å²) in [6.45, 7) is 7.21. The summed E-state index contributed by atoms with van der Waals surface area (Å²) in [5, 5.41) is 2.96. The van der Waals surface area contributed by atoms with E-state index in [0.717, 1.165) is 19.0 Å². The molecule has 1 aliphatic heterocycles. The number of carbonyl (C=O) groups excluding carboxylic acids is 1. The number of ether oxygens (including phenoxy) is 1. The Morgan fingerprint density at radius 1 is 1.39 bits per heavy atom. The van der Waals surface area contributed by atoms with Crippen LogP contribution in [0.4, 0.5) is 8.78 Å². The lowest BCUT2D eigenvalue weighted by atomic mass is 9.99. The molecule has 0 aliphatic carbocycles. The number of halogens is 2. The Bertz CT molecular complexity index is 551. The zero-order valence-electron chi connectivity index (χ0n) is 13.8. The summed E-state index contributed by atoms with van der Waals surface area (Å²) in [6.07, 6.45) is 0.764. The van der Waals surface area contributed by atoms with Gasteiger partial charge in [0.15, 0.2) is 11.6 Å². The van der Waals surface area contributed by atoms with Gasteiger partial charge in [-0.15, -0.1) is 0 Å². The van der Waals surface area contributed by atoms with Crippen molar-refractivity contribution in [1.82, 2.24) is 10.2 Å². The van der Waals surface area contributed by atoms with Crippen LogP contribution in [0.2, 0.25) is 0 Å². The SMILES string of the molecule is CCOCC(=O)N[C@@H]1CCN(C(C)C)[C@@H]1c1ccc(F)c(F)c1. The molecule has 1 aromatic carbocycles. The van der Waals surface area contributed by atoms with Crippen molar-refractivity contribution >= 4 is 5.91 Å². The largest absolute Gasteiger partial charge is 0.372 e. The van der Waals surface area contributed by atoms with E-state index < -0.39 is 11.6 Å². The predicted molar refractivity (Wildman–Crippen MR) is 84.0 cm³/mol. The number of likely N-dealkylation sites (tertiary alicyclic amines) is 1. The van der Waals surface area contributed by atoms with Crippen LogP contribution in [0.3, 0.4) is 0 Å². The van der Waals surface area contributed by atoms with Gasteiger partial charge in [0.2, 0.25) is 5.91 Å². The van der Waals surface area contributed by atoms with Gasteiger partial charge in [-0.2, -0.15) is 0 Å². The van der Waals surface area contributed by atoms with Gasteiger partial charge in [-0.05, 0) is 44.9 Å². The minimum Gasteiger partial charge on any atom is -0.372 e. The normalized spacial score (nSPS) is 21.8. The molecule has 1 heterocycles. The summed E-state index contributed by atoms with van der Waals surface area (Å²) in [5.41, 5.74) is 0.678. The van der Waals surface area contributed by atoms with Gasteiger partial charge in [-0.1, -0.05) is 6.07 Å². The van der Waals surface area contributed by atoms with E-state index in [1.54, 1.807) is 6.07 Å². The van der Waals surface area contributed by atoms with Crippen LogP contribution < -0.4 is 5.32 Å². The number of nitrogens with one attached hydrogen (secondary N) is 1. The molecule has 0 saturated carbocycles. The first-order valence-corrected chi connectivity index (χ1v) is 8.01. The van der Waals surface area contributed by atoms with Crippen molar-refractivity contribution in [2.24, 2.45) is 0 Å². The van der Waals surface area contributed by atoms with Crippen molar-refractivity contribution < 1.29 is 18.3 Å². The van der Waals surface area contributed by atoms with Crippen LogP contribution in [0.5, 0.6) is 0 Å². The number of hydrogen-bond donors (Lipinski definition) is 1. The van der Waals surface area contributed by atoms with Crippen LogP contribution >= 0.6 is 0 Å². The Morgan fingerprint density at radius 3 is 2.74 bits per heavy atom. The molecular weight excluding hydrogens is 302 g/mol.